The third-order valence-corrected chi connectivity index (χ3v) is 8.43. The molecule has 1 aromatic rings. The Balaban J connectivity index is 1.06. The molecule has 1 aromatic carbocycles. The average molecular weight is 424 g/mol. The molecule has 5 heteroatoms. The maximum atomic E-state index is 12.8. The van der Waals surface area contributed by atoms with Crippen molar-refractivity contribution in [3.8, 4) is 0 Å². The molecule has 31 heavy (non-hydrogen) atoms. The van der Waals surface area contributed by atoms with Gasteiger partial charge in [-0.25, -0.2) is 0 Å². The maximum absolute atomic E-state index is 12.8. The van der Waals surface area contributed by atoms with Crippen molar-refractivity contribution >= 4 is 11.8 Å². The van der Waals surface area contributed by atoms with E-state index in [1.165, 1.54) is 50.5 Å². The van der Waals surface area contributed by atoms with Crippen molar-refractivity contribution < 1.29 is 9.59 Å². The van der Waals surface area contributed by atoms with E-state index in [-0.39, 0.29) is 23.8 Å². The third-order valence-electron chi connectivity index (χ3n) is 8.43. The molecule has 1 saturated heterocycles. The number of carbonyl (C=O) groups is 2. The molecule has 2 atom stereocenters. The number of benzene rings is 1. The summed E-state index contributed by atoms with van der Waals surface area (Å²) in [4.78, 5) is 29.8. The van der Waals surface area contributed by atoms with E-state index in [0.717, 1.165) is 50.5 Å². The molecule has 1 heterocycles. The van der Waals surface area contributed by atoms with Crippen LogP contribution in [0.2, 0.25) is 0 Å². The number of nitrogens with one attached hydrogen (secondary N) is 1. The minimum absolute atomic E-state index is 0.0652. The first-order valence-corrected chi connectivity index (χ1v) is 12.4. The lowest BCUT2D eigenvalue weighted by molar-refractivity contribution is -0.135. The van der Waals surface area contributed by atoms with Crippen LogP contribution in [0.1, 0.15) is 56.9 Å². The number of nitrogens with zero attached hydrogens (tertiary/aromatic N) is 2. The van der Waals surface area contributed by atoms with Crippen LogP contribution >= 0.6 is 0 Å². The lowest BCUT2D eigenvalue weighted by atomic mass is 9.57. The first-order valence-electron chi connectivity index (χ1n) is 12.4. The predicted molar refractivity (Wildman–Crippen MR) is 121 cm³/mol. The molecule has 4 saturated carbocycles. The Morgan fingerprint density at radius 2 is 1.55 bits per heavy atom. The molecular formula is C26H37N3O2. The van der Waals surface area contributed by atoms with Crippen molar-refractivity contribution in [2.75, 3.05) is 32.7 Å². The summed E-state index contributed by atoms with van der Waals surface area (Å²) in [5, 5.41) is 2.98. The second kappa shape index (κ2) is 8.93. The number of rotatable bonds is 6. The summed E-state index contributed by atoms with van der Waals surface area (Å²) in [5.74, 6) is 2.69. The normalized spacial score (nSPS) is 32.6. The quantitative estimate of drug-likeness (QED) is 0.763. The van der Waals surface area contributed by atoms with Crippen LogP contribution in [0.5, 0.6) is 0 Å². The highest BCUT2D eigenvalue weighted by Gasteiger charge is 2.49. The van der Waals surface area contributed by atoms with Gasteiger partial charge >= 0.3 is 0 Å². The van der Waals surface area contributed by atoms with Crippen LogP contribution in [0.4, 0.5) is 0 Å². The summed E-state index contributed by atoms with van der Waals surface area (Å²) in [7, 11) is 0. The smallest absolute Gasteiger partial charge is 0.242 e. The Morgan fingerprint density at radius 1 is 0.903 bits per heavy atom. The van der Waals surface area contributed by atoms with Gasteiger partial charge in [-0.3, -0.25) is 14.5 Å². The maximum Gasteiger partial charge on any atom is 0.242 e. The predicted octanol–water partition coefficient (Wildman–Crippen LogP) is 3.44. The molecule has 5 fully saturated rings. The van der Waals surface area contributed by atoms with Gasteiger partial charge in [0.25, 0.3) is 0 Å². The van der Waals surface area contributed by atoms with E-state index >= 15 is 0 Å². The van der Waals surface area contributed by atoms with Crippen molar-refractivity contribution in [2.45, 2.75) is 57.9 Å². The molecule has 2 amide bonds. The van der Waals surface area contributed by atoms with Crippen molar-refractivity contribution in [3.63, 3.8) is 0 Å². The van der Waals surface area contributed by atoms with Gasteiger partial charge in [0.2, 0.25) is 11.8 Å². The number of hydrogen-bond donors (Lipinski definition) is 1. The fourth-order valence-electron chi connectivity index (χ4n) is 7.27. The second-order valence-electron chi connectivity index (χ2n) is 10.9. The zero-order chi connectivity index (χ0) is 21.3. The van der Waals surface area contributed by atoms with Gasteiger partial charge in [0.1, 0.15) is 0 Å². The summed E-state index contributed by atoms with van der Waals surface area (Å²) in [6, 6.07) is 10.5. The van der Waals surface area contributed by atoms with Crippen LogP contribution in [-0.2, 0) is 16.1 Å². The van der Waals surface area contributed by atoms with Gasteiger partial charge in [-0.2, -0.15) is 0 Å². The molecule has 1 N–H and O–H groups in total. The lowest BCUT2D eigenvalue weighted by Gasteiger charge is -2.48. The fraction of sp³-hybridized carbons (Fsp3) is 0.692. The Hall–Kier alpha value is -1.88. The molecule has 5 aliphatic rings. The van der Waals surface area contributed by atoms with Gasteiger partial charge in [0, 0.05) is 39.1 Å². The lowest BCUT2D eigenvalue weighted by Crippen LogP contribution is -2.51. The van der Waals surface area contributed by atoms with Crippen LogP contribution in [0.25, 0.3) is 0 Å². The number of fused-ring (bicyclic) bond motifs is 1. The molecule has 1 aliphatic heterocycles. The topological polar surface area (TPSA) is 52.7 Å². The van der Waals surface area contributed by atoms with E-state index < -0.39 is 0 Å². The molecule has 4 aliphatic carbocycles. The Bertz CT molecular complexity index is 771. The van der Waals surface area contributed by atoms with Gasteiger partial charge in [-0.05, 0) is 60.8 Å². The van der Waals surface area contributed by atoms with Crippen LogP contribution in [-0.4, -0.2) is 54.3 Å². The van der Waals surface area contributed by atoms with Crippen molar-refractivity contribution in [1.29, 1.82) is 0 Å². The van der Waals surface area contributed by atoms with Crippen LogP contribution in [0.3, 0.4) is 0 Å². The standard InChI is InChI=1S/C26H37N3O2/c30-24(17-26-14-21-6-7-22(15-26)13-23(12-21)16-26)27-18-25(31)29-10-8-28(9-11-29)19-20-4-2-1-3-5-20/h1-5,21-23H,6-19H2,(H,27,30). The van der Waals surface area contributed by atoms with Crippen molar-refractivity contribution in [2.24, 2.45) is 23.2 Å². The number of piperazine rings is 1. The zero-order valence-electron chi connectivity index (χ0n) is 18.7. The summed E-state index contributed by atoms with van der Waals surface area (Å²) in [6.07, 6.45) is 9.90. The molecule has 4 bridgehead atoms. The summed E-state index contributed by atoms with van der Waals surface area (Å²) in [5.41, 5.74) is 1.54. The fourth-order valence-corrected chi connectivity index (χ4v) is 7.27. The first kappa shape index (κ1) is 21.0. The van der Waals surface area contributed by atoms with E-state index in [1.54, 1.807) is 0 Å². The molecule has 2 unspecified atom stereocenters. The molecule has 168 valence electrons. The minimum Gasteiger partial charge on any atom is -0.347 e. The number of hydrogen-bond acceptors (Lipinski definition) is 3. The zero-order valence-corrected chi connectivity index (χ0v) is 18.7. The summed E-state index contributed by atoms with van der Waals surface area (Å²) < 4.78 is 0. The van der Waals surface area contributed by atoms with Crippen LogP contribution in [0, 0.1) is 23.2 Å². The Kier molecular flexibility index (Phi) is 6.05. The third kappa shape index (κ3) is 4.97. The van der Waals surface area contributed by atoms with E-state index in [0.29, 0.717) is 6.42 Å². The van der Waals surface area contributed by atoms with Gasteiger partial charge in [0.15, 0.2) is 0 Å². The van der Waals surface area contributed by atoms with E-state index in [9.17, 15) is 9.59 Å². The van der Waals surface area contributed by atoms with Crippen LogP contribution < -0.4 is 5.32 Å². The van der Waals surface area contributed by atoms with E-state index in [4.69, 9.17) is 0 Å². The van der Waals surface area contributed by atoms with Gasteiger partial charge < -0.3 is 10.2 Å². The number of carbonyl (C=O) groups excluding carboxylic acids is 2. The minimum atomic E-state index is 0.0652. The highest BCUT2D eigenvalue weighted by Crippen LogP contribution is 2.59. The molecule has 0 radical (unpaired) electrons. The highest BCUT2D eigenvalue weighted by molar-refractivity contribution is 5.85. The van der Waals surface area contributed by atoms with E-state index in [1.807, 2.05) is 11.0 Å². The SMILES string of the molecule is O=C(CC12CC3CCC(CC(C3)C1)C2)NCC(=O)N1CCN(Cc2ccccc2)CC1. The average Bonchev–Trinajstić information content (AvgIpc) is 2.98. The molecular weight excluding hydrogens is 386 g/mol. The van der Waals surface area contributed by atoms with Gasteiger partial charge in [-0.1, -0.05) is 43.2 Å². The Labute approximate surface area is 186 Å². The summed E-state index contributed by atoms with van der Waals surface area (Å²) >= 11 is 0. The van der Waals surface area contributed by atoms with Crippen molar-refractivity contribution in [3.05, 3.63) is 35.9 Å². The monoisotopic (exact) mass is 423 g/mol. The highest BCUT2D eigenvalue weighted by atomic mass is 16.2. The second-order valence-corrected chi connectivity index (χ2v) is 10.9. The van der Waals surface area contributed by atoms with Crippen molar-refractivity contribution in [1.82, 2.24) is 15.1 Å². The number of amides is 2. The van der Waals surface area contributed by atoms with E-state index in [2.05, 4.69) is 34.5 Å². The molecule has 6 rings (SSSR count). The van der Waals surface area contributed by atoms with Gasteiger partial charge in [0.05, 0.1) is 6.54 Å². The molecule has 5 nitrogen and oxygen atoms in total. The summed E-state index contributed by atoms with van der Waals surface area (Å²) in [6.45, 7) is 4.37. The molecule has 0 spiro atoms. The first-order chi connectivity index (χ1) is 15.1. The largest absolute Gasteiger partial charge is 0.347 e. The Morgan fingerprint density at radius 3 is 2.23 bits per heavy atom. The van der Waals surface area contributed by atoms with Gasteiger partial charge in [-0.15, -0.1) is 0 Å². The van der Waals surface area contributed by atoms with Crippen LogP contribution in [0.15, 0.2) is 30.3 Å². The molecule has 0 aromatic heterocycles.